The SMILES string of the molecule is C=C(C)N1CCC(C(=O)OC)CC1.CC.CCC. The normalized spacial score (nSPS) is 14.7. The van der Waals surface area contributed by atoms with E-state index in [1.165, 1.54) is 13.5 Å². The average molecular weight is 257 g/mol. The zero-order chi connectivity index (χ0) is 14.6. The van der Waals surface area contributed by atoms with Gasteiger partial charge in [-0.15, -0.1) is 0 Å². The van der Waals surface area contributed by atoms with Crippen molar-refractivity contribution in [2.45, 2.75) is 53.9 Å². The molecule has 1 rings (SSSR count). The topological polar surface area (TPSA) is 29.5 Å². The summed E-state index contributed by atoms with van der Waals surface area (Å²) < 4.78 is 4.71. The first-order valence-electron chi connectivity index (χ1n) is 7.05. The molecule has 1 heterocycles. The van der Waals surface area contributed by atoms with Crippen LogP contribution in [0.3, 0.4) is 0 Å². The van der Waals surface area contributed by atoms with Crippen LogP contribution in [0.1, 0.15) is 53.9 Å². The molecule has 0 unspecified atom stereocenters. The molecule has 1 saturated heterocycles. The lowest BCUT2D eigenvalue weighted by Crippen LogP contribution is -2.35. The van der Waals surface area contributed by atoms with Gasteiger partial charge in [-0.05, 0) is 19.8 Å². The Morgan fingerprint density at radius 1 is 1.28 bits per heavy atom. The van der Waals surface area contributed by atoms with Crippen molar-refractivity contribution in [3.8, 4) is 0 Å². The number of piperidine rings is 1. The zero-order valence-corrected chi connectivity index (χ0v) is 13.1. The van der Waals surface area contributed by atoms with E-state index >= 15 is 0 Å². The van der Waals surface area contributed by atoms with Crippen LogP contribution in [0.5, 0.6) is 0 Å². The van der Waals surface area contributed by atoms with Crippen molar-refractivity contribution in [3.05, 3.63) is 12.3 Å². The van der Waals surface area contributed by atoms with Crippen LogP contribution in [0, 0.1) is 5.92 Å². The van der Waals surface area contributed by atoms with Gasteiger partial charge in [0.05, 0.1) is 13.0 Å². The summed E-state index contributed by atoms with van der Waals surface area (Å²) >= 11 is 0. The standard InChI is InChI=1S/C10H17NO2.C3H8.C2H6/c1-8(2)11-6-4-9(5-7-11)10(12)13-3;1-3-2;1-2/h9H,1,4-7H2,2-3H3;3H2,1-2H3;1-2H3. The number of hydrogen-bond donors (Lipinski definition) is 0. The Balaban J connectivity index is 0. The van der Waals surface area contributed by atoms with Crippen molar-refractivity contribution in [2.75, 3.05) is 20.2 Å². The van der Waals surface area contributed by atoms with Crippen LogP contribution < -0.4 is 0 Å². The van der Waals surface area contributed by atoms with E-state index < -0.39 is 0 Å². The summed E-state index contributed by atoms with van der Waals surface area (Å²) in [5, 5.41) is 0. The Kier molecular flexibility index (Phi) is 13.4. The van der Waals surface area contributed by atoms with E-state index in [1.54, 1.807) is 0 Å². The molecule has 0 aromatic carbocycles. The lowest BCUT2D eigenvalue weighted by atomic mass is 9.97. The summed E-state index contributed by atoms with van der Waals surface area (Å²) in [6, 6.07) is 0. The molecule has 3 heteroatoms. The van der Waals surface area contributed by atoms with Crippen molar-refractivity contribution in [2.24, 2.45) is 5.92 Å². The average Bonchev–Trinajstić information content (AvgIpc) is 2.41. The first kappa shape index (κ1) is 19.4. The fourth-order valence-corrected chi connectivity index (χ4v) is 1.66. The predicted molar refractivity (Wildman–Crippen MR) is 78.4 cm³/mol. The smallest absolute Gasteiger partial charge is 0.308 e. The van der Waals surface area contributed by atoms with Gasteiger partial charge in [0.15, 0.2) is 0 Å². The minimum Gasteiger partial charge on any atom is -0.469 e. The van der Waals surface area contributed by atoms with Gasteiger partial charge in [0.2, 0.25) is 0 Å². The fraction of sp³-hybridized carbons (Fsp3) is 0.800. The van der Waals surface area contributed by atoms with E-state index in [1.807, 2.05) is 20.8 Å². The summed E-state index contributed by atoms with van der Waals surface area (Å²) in [6.07, 6.45) is 3.03. The molecule has 0 radical (unpaired) electrons. The number of ether oxygens (including phenoxy) is 1. The van der Waals surface area contributed by atoms with Gasteiger partial charge in [-0.3, -0.25) is 4.79 Å². The Hall–Kier alpha value is -0.990. The van der Waals surface area contributed by atoms with Crippen LogP contribution in [0.2, 0.25) is 0 Å². The van der Waals surface area contributed by atoms with E-state index in [9.17, 15) is 4.79 Å². The third-order valence-electron chi connectivity index (χ3n) is 2.57. The molecule has 0 aromatic rings. The Bertz CT molecular complexity index is 219. The molecular formula is C15H31NO2. The third-order valence-corrected chi connectivity index (χ3v) is 2.57. The second-order valence-corrected chi connectivity index (χ2v) is 4.23. The second-order valence-electron chi connectivity index (χ2n) is 4.23. The van der Waals surface area contributed by atoms with E-state index in [0.717, 1.165) is 31.6 Å². The first-order chi connectivity index (χ1) is 8.56. The molecule has 0 aromatic heterocycles. The van der Waals surface area contributed by atoms with Crippen molar-refractivity contribution in [1.82, 2.24) is 4.90 Å². The minimum absolute atomic E-state index is 0.0682. The van der Waals surface area contributed by atoms with Gasteiger partial charge >= 0.3 is 5.97 Å². The molecule has 18 heavy (non-hydrogen) atoms. The van der Waals surface area contributed by atoms with Gasteiger partial charge in [-0.2, -0.15) is 0 Å². The van der Waals surface area contributed by atoms with Crippen molar-refractivity contribution in [1.29, 1.82) is 0 Å². The number of allylic oxidation sites excluding steroid dienone is 1. The van der Waals surface area contributed by atoms with Crippen LogP contribution in [-0.2, 0) is 9.53 Å². The minimum atomic E-state index is -0.0682. The van der Waals surface area contributed by atoms with Gasteiger partial charge in [0.25, 0.3) is 0 Å². The summed E-state index contributed by atoms with van der Waals surface area (Å²) in [7, 11) is 1.45. The van der Waals surface area contributed by atoms with Crippen LogP contribution in [0.4, 0.5) is 0 Å². The van der Waals surface area contributed by atoms with E-state index in [-0.39, 0.29) is 11.9 Å². The molecule has 3 nitrogen and oxygen atoms in total. The highest BCUT2D eigenvalue weighted by Crippen LogP contribution is 2.20. The number of nitrogens with zero attached hydrogens (tertiary/aromatic N) is 1. The number of rotatable bonds is 2. The first-order valence-corrected chi connectivity index (χ1v) is 7.05. The fourth-order valence-electron chi connectivity index (χ4n) is 1.66. The molecule has 0 saturated carbocycles. The maximum absolute atomic E-state index is 11.2. The van der Waals surface area contributed by atoms with E-state index in [2.05, 4.69) is 25.3 Å². The lowest BCUT2D eigenvalue weighted by Gasteiger charge is -2.32. The second kappa shape index (κ2) is 12.5. The Labute approximate surface area is 113 Å². The van der Waals surface area contributed by atoms with E-state index in [0.29, 0.717) is 0 Å². The number of methoxy groups -OCH3 is 1. The highest BCUT2D eigenvalue weighted by atomic mass is 16.5. The molecule has 0 spiro atoms. The maximum atomic E-state index is 11.2. The number of likely N-dealkylation sites (tertiary alicyclic amines) is 1. The zero-order valence-electron chi connectivity index (χ0n) is 13.1. The molecule has 0 aliphatic carbocycles. The molecule has 1 aliphatic heterocycles. The number of carbonyl (C=O) groups excluding carboxylic acids is 1. The summed E-state index contributed by atoms with van der Waals surface area (Å²) in [6.45, 7) is 16.0. The summed E-state index contributed by atoms with van der Waals surface area (Å²) in [5.74, 6) is 0.0296. The molecule has 1 fully saturated rings. The maximum Gasteiger partial charge on any atom is 0.308 e. The van der Waals surface area contributed by atoms with Crippen molar-refractivity contribution in [3.63, 3.8) is 0 Å². The van der Waals surface area contributed by atoms with Crippen LogP contribution in [-0.4, -0.2) is 31.1 Å². The Morgan fingerprint density at radius 3 is 1.94 bits per heavy atom. The molecule has 0 amide bonds. The monoisotopic (exact) mass is 257 g/mol. The van der Waals surface area contributed by atoms with E-state index in [4.69, 9.17) is 4.74 Å². The van der Waals surface area contributed by atoms with Gasteiger partial charge in [-0.1, -0.05) is 40.7 Å². The third kappa shape index (κ3) is 8.15. The molecular weight excluding hydrogens is 226 g/mol. The van der Waals surface area contributed by atoms with Crippen LogP contribution >= 0.6 is 0 Å². The van der Waals surface area contributed by atoms with Crippen LogP contribution in [0.25, 0.3) is 0 Å². The summed E-state index contributed by atoms with van der Waals surface area (Å²) in [5.41, 5.74) is 1.09. The number of esters is 1. The van der Waals surface area contributed by atoms with Gasteiger partial charge in [-0.25, -0.2) is 0 Å². The van der Waals surface area contributed by atoms with Crippen molar-refractivity contribution < 1.29 is 9.53 Å². The molecule has 108 valence electrons. The van der Waals surface area contributed by atoms with Crippen molar-refractivity contribution >= 4 is 5.97 Å². The molecule has 0 N–H and O–H groups in total. The number of hydrogen-bond acceptors (Lipinski definition) is 3. The lowest BCUT2D eigenvalue weighted by molar-refractivity contribution is -0.146. The predicted octanol–water partition coefficient (Wildman–Crippen LogP) is 3.85. The number of carbonyl (C=O) groups is 1. The van der Waals surface area contributed by atoms with Crippen LogP contribution in [0.15, 0.2) is 12.3 Å². The highest BCUT2D eigenvalue weighted by Gasteiger charge is 2.24. The summed E-state index contributed by atoms with van der Waals surface area (Å²) in [4.78, 5) is 13.4. The Morgan fingerprint density at radius 2 is 1.67 bits per heavy atom. The van der Waals surface area contributed by atoms with Gasteiger partial charge in [0, 0.05) is 18.8 Å². The highest BCUT2D eigenvalue weighted by molar-refractivity contribution is 5.72. The quantitative estimate of drug-likeness (QED) is 0.704. The molecule has 0 bridgehead atoms. The van der Waals surface area contributed by atoms with Gasteiger partial charge in [0.1, 0.15) is 0 Å². The molecule has 0 atom stereocenters. The largest absolute Gasteiger partial charge is 0.469 e. The molecule has 1 aliphatic rings. The van der Waals surface area contributed by atoms with Gasteiger partial charge < -0.3 is 9.64 Å².